The first-order chi connectivity index (χ1) is 10.3. The monoisotopic (exact) mass is 306 g/mol. The maximum atomic E-state index is 8.50. The lowest BCUT2D eigenvalue weighted by Crippen LogP contribution is -2.15. The Morgan fingerprint density at radius 2 is 1.33 bits per heavy atom. The standard InChI is InChI=1S/C16H34O5/c1-3-4-5-6-7-16(2)21-15-14-20-13-12-19-11-10-18-9-8-17/h16-17H,3-15H2,1-2H3. The van der Waals surface area contributed by atoms with E-state index in [9.17, 15) is 0 Å². The van der Waals surface area contributed by atoms with E-state index < -0.39 is 0 Å². The van der Waals surface area contributed by atoms with Crippen molar-refractivity contribution in [3.8, 4) is 0 Å². The number of aliphatic hydroxyl groups is 1. The zero-order valence-corrected chi connectivity index (χ0v) is 13.8. The molecule has 0 bridgehead atoms. The first kappa shape index (κ1) is 20.8. The zero-order chi connectivity index (χ0) is 15.6. The van der Waals surface area contributed by atoms with Crippen molar-refractivity contribution >= 4 is 0 Å². The first-order valence-corrected chi connectivity index (χ1v) is 8.27. The minimum atomic E-state index is 0.0557. The Labute approximate surface area is 129 Å². The number of aliphatic hydroxyl groups excluding tert-OH is 1. The fourth-order valence-corrected chi connectivity index (χ4v) is 1.86. The van der Waals surface area contributed by atoms with E-state index in [1.54, 1.807) is 0 Å². The lowest BCUT2D eigenvalue weighted by atomic mass is 10.1. The summed E-state index contributed by atoms with van der Waals surface area (Å²) in [6, 6.07) is 0. The molecule has 0 radical (unpaired) electrons. The molecular weight excluding hydrogens is 272 g/mol. The maximum Gasteiger partial charge on any atom is 0.0704 e. The van der Waals surface area contributed by atoms with Crippen molar-refractivity contribution in [3.05, 3.63) is 0 Å². The fourth-order valence-electron chi connectivity index (χ4n) is 1.86. The predicted octanol–water partition coefficient (Wildman–Crippen LogP) is 2.40. The quantitative estimate of drug-likeness (QED) is 0.418. The Hall–Kier alpha value is -0.200. The van der Waals surface area contributed by atoms with Gasteiger partial charge in [-0.15, -0.1) is 0 Å². The summed E-state index contributed by atoms with van der Waals surface area (Å²) in [7, 11) is 0. The van der Waals surface area contributed by atoms with Crippen molar-refractivity contribution in [3.63, 3.8) is 0 Å². The molecule has 0 heterocycles. The van der Waals surface area contributed by atoms with Gasteiger partial charge in [0.05, 0.1) is 59.0 Å². The fraction of sp³-hybridized carbons (Fsp3) is 1.00. The van der Waals surface area contributed by atoms with Gasteiger partial charge in [-0.05, 0) is 13.3 Å². The summed E-state index contributed by atoms with van der Waals surface area (Å²) in [5.74, 6) is 0. The summed E-state index contributed by atoms with van der Waals surface area (Å²) in [6.45, 7) is 8.23. The molecule has 128 valence electrons. The summed E-state index contributed by atoms with van der Waals surface area (Å²) < 4.78 is 21.5. The smallest absolute Gasteiger partial charge is 0.0704 e. The highest BCUT2D eigenvalue weighted by Crippen LogP contribution is 2.07. The van der Waals surface area contributed by atoms with Gasteiger partial charge in [0.25, 0.3) is 0 Å². The van der Waals surface area contributed by atoms with E-state index in [0.29, 0.717) is 52.4 Å². The van der Waals surface area contributed by atoms with Crippen molar-refractivity contribution in [1.82, 2.24) is 0 Å². The van der Waals surface area contributed by atoms with Gasteiger partial charge in [0.1, 0.15) is 0 Å². The Balaban J connectivity index is 3.07. The molecule has 0 rings (SSSR count). The second-order valence-corrected chi connectivity index (χ2v) is 5.09. The van der Waals surface area contributed by atoms with Gasteiger partial charge in [-0.3, -0.25) is 0 Å². The van der Waals surface area contributed by atoms with Crippen LogP contribution in [0.25, 0.3) is 0 Å². The lowest BCUT2D eigenvalue weighted by molar-refractivity contribution is -0.0185. The summed E-state index contributed by atoms with van der Waals surface area (Å²) >= 11 is 0. The average molecular weight is 306 g/mol. The van der Waals surface area contributed by atoms with Crippen LogP contribution in [0.3, 0.4) is 0 Å². The minimum Gasteiger partial charge on any atom is -0.394 e. The molecule has 5 nitrogen and oxygen atoms in total. The van der Waals surface area contributed by atoms with Crippen LogP contribution in [0.4, 0.5) is 0 Å². The Bertz CT molecular complexity index is 190. The number of hydrogen-bond acceptors (Lipinski definition) is 5. The lowest BCUT2D eigenvalue weighted by Gasteiger charge is -2.13. The third-order valence-corrected chi connectivity index (χ3v) is 3.07. The second kappa shape index (κ2) is 17.9. The molecule has 1 atom stereocenters. The molecule has 0 aromatic heterocycles. The molecule has 1 unspecified atom stereocenters. The van der Waals surface area contributed by atoms with Gasteiger partial charge >= 0.3 is 0 Å². The number of rotatable bonds is 17. The molecular formula is C16H34O5. The van der Waals surface area contributed by atoms with Crippen LogP contribution in [-0.2, 0) is 18.9 Å². The zero-order valence-electron chi connectivity index (χ0n) is 13.8. The Kier molecular flexibility index (Phi) is 17.7. The third kappa shape index (κ3) is 17.7. The Morgan fingerprint density at radius 1 is 0.762 bits per heavy atom. The molecule has 0 amide bonds. The van der Waals surface area contributed by atoms with E-state index in [2.05, 4.69) is 13.8 Å². The van der Waals surface area contributed by atoms with Crippen LogP contribution < -0.4 is 0 Å². The molecule has 0 aliphatic heterocycles. The van der Waals surface area contributed by atoms with Crippen molar-refractivity contribution in [2.24, 2.45) is 0 Å². The van der Waals surface area contributed by atoms with Crippen molar-refractivity contribution in [2.75, 3.05) is 52.9 Å². The Morgan fingerprint density at radius 3 is 1.90 bits per heavy atom. The highest BCUT2D eigenvalue weighted by molar-refractivity contribution is 4.51. The van der Waals surface area contributed by atoms with E-state index in [4.69, 9.17) is 24.1 Å². The van der Waals surface area contributed by atoms with Crippen molar-refractivity contribution < 1.29 is 24.1 Å². The van der Waals surface area contributed by atoms with Crippen LogP contribution in [0.15, 0.2) is 0 Å². The van der Waals surface area contributed by atoms with Gasteiger partial charge in [0.15, 0.2) is 0 Å². The normalized spacial score (nSPS) is 12.7. The van der Waals surface area contributed by atoms with E-state index in [-0.39, 0.29) is 6.61 Å². The molecule has 0 aliphatic rings. The largest absolute Gasteiger partial charge is 0.394 e. The van der Waals surface area contributed by atoms with Crippen molar-refractivity contribution in [2.45, 2.75) is 52.1 Å². The third-order valence-electron chi connectivity index (χ3n) is 3.07. The SMILES string of the molecule is CCCCCCC(C)OCCOCCOCCOCCO. The van der Waals surface area contributed by atoms with Crippen LogP contribution in [0.1, 0.15) is 46.0 Å². The van der Waals surface area contributed by atoms with Crippen LogP contribution in [0.2, 0.25) is 0 Å². The summed E-state index contributed by atoms with van der Waals surface area (Å²) in [6.07, 6.45) is 6.61. The van der Waals surface area contributed by atoms with Gasteiger partial charge in [-0.1, -0.05) is 32.6 Å². The molecule has 1 N–H and O–H groups in total. The van der Waals surface area contributed by atoms with Crippen molar-refractivity contribution in [1.29, 1.82) is 0 Å². The number of unbranched alkanes of at least 4 members (excludes halogenated alkanes) is 3. The first-order valence-electron chi connectivity index (χ1n) is 8.27. The molecule has 0 spiro atoms. The van der Waals surface area contributed by atoms with Crippen LogP contribution in [0, 0.1) is 0 Å². The van der Waals surface area contributed by atoms with E-state index >= 15 is 0 Å². The molecule has 0 fully saturated rings. The van der Waals surface area contributed by atoms with Gasteiger partial charge < -0.3 is 24.1 Å². The molecule has 0 saturated heterocycles. The second-order valence-electron chi connectivity index (χ2n) is 5.09. The molecule has 0 aliphatic carbocycles. The summed E-state index contributed by atoms with van der Waals surface area (Å²) in [5.41, 5.74) is 0. The van der Waals surface area contributed by atoms with Gasteiger partial charge in [0, 0.05) is 0 Å². The van der Waals surface area contributed by atoms with E-state index in [1.165, 1.54) is 25.7 Å². The van der Waals surface area contributed by atoms with Gasteiger partial charge in [-0.25, -0.2) is 0 Å². The molecule has 0 aromatic rings. The molecule has 5 heteroatoms. The number of ether oxygens (including phenoxy) is 4. The van der Waals surface area contributed by atoms with E-state index in [0.717, 1.165) is 6.42 Å². The molecule has 0 saturated carbocycles. The van der Waals surface area contributed by atoms with Gasteiger partial charge in [-0.2, -0.15) is 0 Å². The summed E-state index contributed by atoms with van der Waals surface area (Å²) in [4.78, 5) is 0. The van der Waals surface area contributed by atoms with E-state index in [1.807, 2.05) is 0 Å². The summed E-state index contributed by atoms with van der Waals surface area (Å²) in [5, 5.41) is 8.50. The van der Waals surface area contributed by atoms with Gasteiger partial charge in [0.2, 0.25) is 0 Å². The highest BCUT2D eigenvalue weighted by atomic mass is 16.6. The molecule has 0 aromatic carbocycles. The van der Waals surface area contributed by atoms with Crippen LogP contribution in [0.5, 0.6) is 0 Å². The maximum absolute atomic E-state index is 8.50. The average Bonchev–Trinajstić information content (AvgIpc) is 2.49. The predicted molar refractivity (Wildman–Crippen MR) is 83.7 cm³/mol. The van der Waals surface area contributed by atoms with Crippen LogP contribution in [-0.4, -0.2) is 64.1 Å². The molecule has 21 heavy (non-hydrogen) atoms. The topological polar surface area (TPSA) is 57.2 Å². The number of hydrogen-bond donors (Lipinski definition) is 1. The minimum absolute atomic E-state index is 0.0557. The highest BCUT2D eigenvalue weighted by Gasteiger charge is 2.01. The van der Waals surface area contributed by atoms with Crippen LogP contribution >= 0.6 is 0 Å².